The molecule has 2 aliphatic carbocycles. The van der Waals surface area contributed by atoms with E-state index in [0.717, 1.165) is 45.3 Å². The highest BCUT2D eigenvalue weighted by Gasteiger charge is 2.35. The van der Waals surface area contributed by atoms with Gasteiger partial charge in [-0.05, 0) is 86.1 Å². The number of ether oxygens (including phenoxy) is 1. The highest BCUT2D eigenvalue weighted by molar-refractivity contribution is 6.03. The van der Waals surface area contributed by atoms with Crippen LogP contribution in [0.3, 0.4) is 0 Å². The Morgan fingerprint density at radius 3 is 2.33 bits per heavy atom. The van der Waals surface area contributed by atoms with Gasteiger partial charge in [0.1, 0.15) is 5.82 Å². The Morgan fingerprint density at radius 2 is 1.63 bits per heavy atom. The Morgan fingerprint density at radius 1 is 0.926 bits per heavy atom. The summed E-state index contributed by atoms with van der Waals surface area (Å²) in [6.45, 7) is 5.14. The van der Waals surface area contributed by atoms with Crippen molar-refractivity contribution in [2.45, 2.75) is 51.9 Å². The maximum absolute atomic E-state index is 14.8. The van der Waals surface area contributed by atoms with Crippen molar-refractivity contribution in [1.29, 1.82) is 0 Å². The second-order valence-electron chi connectivity index (χ2n) is 7.84. The smallest absolute Gasteiger partial charge is 0.167 e. The lowest BCUT2D eigenvalue weighted by atomic mass is 9.73. The van der Waals surface area contributed by atoms with E-state index in [0.29, 0.717) is 28.2 Å². The monoisotopic (exact) mass is 374 g/mol. The maximum Gasteiger partial charge on any atom is 0.167 e. The highest BCUT2D eigenvalue weighted by Crippen LogP contribution is 2.53. The number of rotatable bonds is 5. The third-order valence-electron chi connectivity index (χ3n) is 6.27. The molecule has 0 bridgehead atoms. The molecule has 0 radical (unpaired) electrons. The van der Waals surface area contributed by atoms with E-state index in [4.69, 9.17) is 4.74 Å². The molecule has 144 valence electrons. The predicted molar refractivity (Wildman–Crippen MR) is 101 cm³/mol. The fourth-order valence-corrected chi connectivity index (χ4v) is 4.64. The summed E-state index contributed by atoms with van der Waals surface area (Å²) < 4.78 is 49.4. The molecule has 0 N–H and O–H groups in total. The molecular weight excluding hydrogens is 349 g/mol. The van der Waals surface area contributed by atoms with Gasteiger partial charge in [0.15, 0.2) is 11.6 Å². The summed E-state index contributed by atoms with van der Waals surface area (Å²) >= 11 is 0. The summed E-state index contributed by atoms with van der Waals surface area (Å²) in [6.07, 6.45) is 4.79. The number of hydrogen-bond acceptors (Lipinski definition) is 1. The zero-order valence-electron chi connectivity index (χ0n) is 15.9. The Kier molecular flexibility index (Phi) is 5.02. The largest absolute Gasteiger partial charge is 0.382 e. The molecule has 4 heteroatoms. The topological polar surface area (TPSA) is 9.23 Å². The number of hydrogen-bond donors (Lipinski definition) is 0. The van der Waals surface area contributed by atoms with E-state index in [1.807, 2.05) is 13.0 Å². The number of aryl methyl sites for hydroxylation is 1. The Labute approximate surface area is 158 Å². The first kappa shape index (κ1) is 18.5. The summed E-state index contributed by atoms with van der Waals surface area (Å²) in [5, 5.41) is 0. The van der Waals surface area contributed by atoms with E-state index in [2.05, 4.69) is 0 Å². The Bertz CT molecular complexity index is 867. The number of benzene rings is 2. The van der Waals surface area contributed by atoms with E-state index in [9.17, 15) is 13.2 Å². The molecule has 2 aromatic rings. The molecule has 1 nitrogen and oxygen atoms in total. The SMILES string of the molecule is CCOCCC1CCC(c2cc3c(c(F)c2F)-c2c-3ccc(C)c2F)CC1. The standard InChI is InChI=1S/C23H25F3O/c1-3-27-11-10-14-5-7-15(8-6-14)17-12-18-16-9-4-13(2)21(24)19(16)20(18)23(26)22(17)25/h4,9,12,14-15H,3,5-8,10-11H2,1-2H3. The molecule has 0 atom stereocenters. The average Bonchev–Trinajstić information content (AvgIpc) is 2.65. The lowest BCUT2D eigenvalue weighted by Crippen LogP contribution is -2.18. The summed E-state index contributed by atoms with van der Waals surface area (Å²) in [6, 6.07) is 5.26. The van der Waals surface area contributed by atoms with Crippen LogP contribution in [0, 0.1) is 30.3 Å². The zero-order chi connectivity index (χ0) is 19.1. The van der Waals surface area contributed by atoms with Gasteiger partial charge in [-0.25, -0.2) is 13.2 Å². The Balaban J connectivity index is 1.56. The van der Waals surface area contributed by atoms with Crippen molar-refractivity contribution in [2.75, 3.05) is 13.2 Å². The molecule has 0 heterocycles. The predicted octanol–water partition coefficient (Wildman–Crippen LogP) is 6.76. The van der Waals surface area contributed by atoms with Crippen LogP contribution in [0.4, 0.5) is 13.2 Å². The van der Waals surface area contributed by atoms with Crippen LogP contribution in [0.2, 0.25) is 0 Å². The first-order chi connectivity index (χ1) is 13.0. The van der Waals surface area contributed by atoms with Crippen molar-refractivity contribution in [3.8, 4) is 22.3 Å². The second-order valence-corrected chi connectivity index (χ2v) is 7.84. The minimum absolute atomic E-state index is 0.0347. The molecule has 27 heavy (non-hydrogen) atoms. The van der Waals surface area contributed by atoms with Crippen LogP contribution in [-0.4, -0.2) is 13.2 Å². The molecule has 0 spiro atoms. The average molecular weight is 374 g/mol. The van der Waals surface area contributed by atoms with Crippen molar-refractivity contribution < 1.29 is 17.9 Å². The first-order valence-electron chi connectivity index (χ1n) is 9.92. The van der Waals surface area contributed by atoms with E-state index < -0.39 is 17.5 Å². The van der Waals surface area contributed by atoms with Gasteiger partial charge in [-0.3, -0.25) is 0 Å². The van der Waals surface area contributed by atoms with Gasteiger partial charge >= 0.3 is 0 Å². The maximum atomic E-state index is 14.8. The minimum atomic E-state index is -0.891. The van der Waals surface area contributed by atoms with Gasteiger partial charge in [0, 0.05) is 24.3 Å². The van der Waals surface area contributed by atoms with Gasteiger partial charge in [-0.2, -0.15) is 0 Å². The second kappa shape index (κ2) is 7.31. The fourth-order valence-electron chi connectivity index (χ4n) is 4.64. The molecule has 2 aromatic carbocycles. The highest BCUT2D eigenvalue weighted by atomic mass is 19.2. The molecule has 0 aliphatic heterocycles. The third kappa shape index (κ3) is 3.08. The fraction of sp³-hybridized carbons (Fsp3) is 0.478. The van der Waals surface area contributed by atoms with Crippen molar-refractivity contribution >= 4 is 0 Å². The van der Waals surface area contributed by atoms with Crippen molar-refractivity contribution in [3.05, 3.63) is 46.8 Å². The van der Waals surface area contributed by atoms with Crippen LogP contribution in [0.5, 0.6) is 0 Å². The van der Waals surface area contributed by atoms with Gasteiger partial charge in [0.2, 0.25) is 0 Å². The van der Waals surface area contributed by atoms with Crippen LogP contribution in [0.15, 0.2) is 18.2 Å². The minimum Gasteiger partial charge on any atom is -0.382 e. The molecule has 2 aliphatic rings. The first-order valence-corrected chi connectivity index (χ1v) is 9.92. The quantitative estimate of drug-likeness (QED) is 0.448. The van der Waals surface area contributed by atoms with E-state index in [1.165, 1.54) is 0 Å². The van der Waals surface area contributed by atoms with Gasteiger partial charge in [0.25, 0.3) is 0 Å². The summed E-state index contributed by atoms with van der Waals surface area (Å²) in [4.78, 5) is 0. The number of fused-ring (bicyclic) bond motifs is 4. The summed E-state index contributed by atoms with van der Waals surface area (Å²) in [7, 11) is 0. The van der Waals surface area contributed by atoms with Gasteiger partial charge in [-0.1, -0.05) is 12.1 Å². The summed E-state index contributed by atoms with van der Waals surface area (Å²) in [5.41, 5.74) is 2.59. The summed E-state index contributed by atoms with van der Waals surface area (Å²) in [5.74, 6) is -1.49. The molecular formula is C23H25F3O. The molecule has 0 unspecified atom stereocenters. The lowest BCUT2D eigenvalue weighted by molar-refractivity contribution is 0.123. The molecule has 4 rings (SSSR count). The van der Waals surface area contributed by atoms with E-state index in [-0.39, 0.29) is 17.0 Å². The van der Waals surface area contributed by atoms with Crippen LogP contribution in [0.25, 0.3) is 22.3 Å². The van der Waals surface area contributed by atoms with E-state index in [1.54, 1.807) is 19.1 Å². The van der Waals surface area contributed by atoms with Crippen LogP contribution in [-0.2, 0) is 4.74 Å². The van der Waals surface area contributed by atoms with E-state index >= 15 is 0 Å². The molecule has 1 saturated carbocycles. The van der Waals surface area contributed by atoms with Crippen LogP contribution in [0.1, 0.15) is 56.1 Å². The van der Waals surface area contributed by atoms with Gasteiger partial charge in [-0.15, -0.1) is 0 Å². The van der Waals surface area contributed by atoms with Crippen LogP contribution >= 0.6 is 0 Å². The van der Waals surface area contributed by atoms with Crippen molar-refractivity contribution in [2.24, 2.45) is 5.92 Å². The molecule has 1 fully saturated rings. The zero-order valence-corrected chi connectivity index (χ0v) is 15.9. The lowest BCUT2D eigenvalue weighted by Gasteiger charge is -2.32. The van der Waals surface area contributed by atoms with Gasteiger partial charge < -0.3 is 4.74 Å². The molecule has 0 aromatic heterocycles. The molecule has 0 amide bonds. The van der Waals surface area contributed by atoms with Crippen molar-refractivity contribution in [1.82, 2.24) is 0 Å². The number of halogens is 3. The normalized spacial score (nSPS) is 20.8. The van der Waals surface area contributed by atoms with Gasteiger partial charge in [0.05, 0.1) is 0 Å². The molecule has 0 saturated heterocycles. The van der Waals surface area contributed by atoms with Crippen LogP contribution < -0.4 is 0 Å². The van der Waals surface area contributed by atoms with Crippen molar-refractivity contribution in [3.63, 3.8) is 0 Å². The Hall–Kier alpha value is -1.81. The third-order valence-corrected chi connectivity index (χ3v) is 6.27.